The molecule has 29 heavy (non-hydrogen) atoms. The molecule has 2 aromatic heterocycles. The monoisotopic (exact) mass is 396 g/mol. The number of nitrogens with zero attached hydrogens (tertiary/aromatic N) is 5. The predicted molar refractivity (Wildman–Crippen MR) is 101 cm³/mol. The van der Waals surface area contributed by atoms with Gasteiger partial charge in [0.05, 0.1) is 11.9 Å². The van der Waals surface area contributed by atoms with E-state index in [1.807, 2.05) is 0 Å². The molecule has 1 fully saturated rings. The fourth-order valence-corrected chi connectivity index (χ4v) is 3.47. The number of benzene rings is 1. The second-order valence-corrected chi connectivity index (χ2v) is 6.77. The first-order valence-electron chi connectivity index (χ1n) is 9.09. The van der Waals surface area contributed by atoms with Crippen molar-refractivity contribution in [2.75, 3.05) is 13.1 Å². The molecule has 3 aromatic rings. The number of hydrogen-bond donors (Lipinski definition) is 1. The number of aromatic amines is 1. The van der Waals surface area contributed by atoms with Gasteiger partial charge in [-0.1, -0.05) is 17.2 Å². The van der Waals surface area contributed by atoms with Gasteiger partial charge < -0.3 is 15.0 Å². The van der Waals surface area contributed by atoms with Crippen LogP contribution in [0, 0.1) is 15.9 Å². The molecule has 0 bridgehead atoms. The summed E-state index contributed by atoms with van der Waals surface area (Å²) in [6, 6.07) is 7.95. The van der Waals surface area contributed by atoms with E-state index < -0.39 is 16.6 Å². The van der Waals surface area contributed by atoms with Crippen molar-refractivity contribution in [3.05, 3.63) is 70.0 Å². The first kappa shape index (κ1) is 18.7. The summed E-state index contributed by atoms with van der Waals surface area (Å²) in [4.78, 5) is 33.5. The van der Waals surface area contributed by atoms with Gasteiger partial charge in [0.25, 0.3) is 5.91 Å². The van der Waals surface area contributed by atoms with Crippen LogP contribution in [0.3, 0.4) is 0 Å². The Morgan fingerprint density at radius 1 is 1.28 bits per heavy atom. The maximum atomic E-state index is 13.5. The second kappa shape index (κ2) is 7.74. The molecule has 148 valence electrons. The third kappa shape index (κ3) is 3.82. The number of carbonyl (C=O) groups excluding carboxylic acids is 1. The Labute approximate surface area is 164 Å². The Morgan fingerprint density at radius 2 is 2.07 bits per heavy atom. The number of nitro groups is 1. The van der Waals surface area contributed by atoms with Crippen LogP contribution in [0.2, 0.25) is 0 Å². The number of piperidine rings is 1. The number of H-pyrrole nitrogens is 1. The van der Waals surface area contributed by atoms with E-state index in [1.54, 1.807) is 29.3 Å². The summed E-state index contributed by atoms with van der Waals surface area (Å²) in [5.41, 5.74) is 1.27. The Balaban J connectivity index is 1.46. The SMILES string of the molecule is O=C(c1cn[nH]c1[N+](=O)[O-])N1CCC(c2nccc(-c3cccc(F)c3)n2)CC1. The molecule has 1 amide bonds. The molecule has 0 spiro atoms. The molecule has 0 atom stereocenters. The average molecular weight is 396 g/mol. The van der Waals surface area contributed by atoms with Crippen LogP contribution in [0.4, 0.5) is 10.2 Å². The highest BCUT2D eigenvalue weighted by Crippen LogP contribution is 2.29. The first-order chi connectivity index (χ1) is 14.0. The molecule has 1 aliphatic heterocycles. The van der Waals surface area contributed by atoms with Crippen LogP contribution in [-0.2, 0) is 0 Å². The molecule has 1 N–H and O–H groups in total. The minimum atomic E-state index is -0.654. The summed E-state index contributed by atoms with van der Waals surface area (Å²) in [5, 5.41) is 16.8. The van der Waals surface area contributed by atoms with Gasteiger partial charge in [-0.05, 0) is 36.0 Å². The normalized spacial score (nSPS) is 14.7. The number of aromatic nitrogens is 4. The van der Waals surface area contributed by atoms with Crippen molar-refractivity contribution < 1.29 is 14.1 Å². The van der Waals surface area contributed by atoms with Gasteiger partial charge in [0.2, 0.25) is 0 Å². The van der Waals surface area contributed by atoms with Crippen molar-refractivity contribution in [1.29, 1.82) is 0 Å². The van der Waals surface area contributed by atoms with Crippen molar-refractivity contribution >= 4 is 11.7 Å². The molecule has 3 heterocycles. The lowest BCUT2D eigenvalue weighted by atomic mass is 9.95. The molecule has 1 saturated heterocycles. The van der Waals surface area contributed by atoms with Crippen LogP contribution in [0.25, 0.3) is 11.3 Å². The van der Waals surface area contributed by atoms with Gasteiger partial charge in [-0.25, -0.2) is 14.4 Å². The molecule has 0 saturated carbocycles. The van der Waals surface area contributed by atoms with E-state index in [-0.39, 0.29) is 17.3 Å². The number of halogens is 1. The highest BCUT2D eigenvalue weighted by Gasteiger charge is 2.30. The van der Waals surface area contributed by atoms with E-state index in [9.17, 15) is 19.3 Å². The fourth-order valence-electron chi connectivity index (χ4n) is 3.47. The summed E-state index contributed by atoms with van der Waals surface area (Å²) in [6.07, 6.45) is 4.08. The van der Waals surface area contributed by atoms with Gasteiger partial charge in [0, 0.05) is 30.8 Å². The zero-order valence-electron chi connectivity index (χ0n) is 15.3. The zero-order chi connectivity index (χ0) is 20.4. The molecular formula is C19H17FN6O3. The van der Waals surface area contributed by atoms with Crippen molar-refractivity contribution in [3.8, 4) is 11.3 Å². The van der Waals surface area contributed by atoms with Gasteiger partial charge >= 0.3 is 5.82 Å². The lowest BCUT2D eigenvalue weighted by Crippen LogP contribution is -2.38. The molecule has 9 nitrogen and oxygen atoms in total. The van der Waals surface area contributed by atoms with Gasteiger partial charge in [-0.15, -0.1) is 5.10 Å². The third-order valence-electron chi connectivity index (χ3n) is 4.97. The van der Waals surface area contributed by atoms with Crippen molar-refractivity contribution in [1.82, 2.24) is 25.1 Å². The van der Waals surface area contributed by atoms with Gasteiger partial charge in [-0.2, -0.15) is 0 Å². The molecule has 4 rings (SSSR count). The molecule has 0 unspecified atom stereocenters. The van der Waals surface area contributed by atoms with E-state index in [1.165, 1.54) is 18.3 Å². The molecule has 1 aliphatic rings. The van der Waals surface area contributed by atoms with E-state index >= 15 is 0 Å². The van der Waals surface area contributed by atoms with E-state index in [4.69, 9.17) is 0 Å². The Hall–Kier alpha value is -3.69. The fraction of sp³-hybridized carbons (Fsp3) is 0.263. The summed E-state index contributed by atoms with van der Waals surface area (Å²) in [6.45, 7) is 0.860. The van der Waals surface area contributed by atoms with E-state index in [0.717, 1.165) is 0 Å². The van der Waals surface area contributed by atoms with Crippen LogP contribution in [0.1, 0.15) is 34.9 Å². The smallest absolute Gasteiger partial charge is 0.355 e. The Bertz CT molecular complexity index is 1060. The number of hydrogen-bond acceptors (Lipinski definition) is 6. The molecular weight excluding hydrogens is 379 g/mol. The van der Waals surface area contributed by atoms with Crippen LogP contribution in [0.15, 0.2) is 42.7 Å². The summed E-state index contributed by atoms with van der Waals surface area (Å²) in [7, 11) is 0. The summed E-state index contributed by atoms with van der Waals surface area (Å²) in [5.74, 6) is -0.454. The number of carbonyl (C=O) groups is 1. The number of amides is 1. The quantitative estimate of drug-likeness (QED) is 0.535. The largest absolute Gasteiger partial charge is 0.358 e. The van der Waals surface area contributed by atoms with Gasteiger partial charge in [0.1, 0.15) is 11.6 Å². The Kier molecular flexibility index (Phi) is 4.98. The number of nitrogens with one attached hydrogen (secondary N) is 1. The molecule has 10 heteroatoms. The first-order valence-corrected chi connectivity index (χ1v) is 9.09. The van der Waals surface area contributed by atoms with Crippen molar-refractivity contribution in [2.45, 2.75) is 18.8 Å². The highest BCUT2D eigenvalue weighted by atomic mass is 19.1. The molecule has 0 radical (unpaired) electrons. The standard InChI is InChI=1S/C19H17FN6O3/c20-14-3-1-2-13(10-14)16-4-7-21-17(23-16)12-5-8-25(9-6-12)19(27)15-11-22-24-18(15)26(28)29/h1-4,7,10-12H,5-6,8-9H2,(H,22,24). The van der Waals surface area contributed by atoms with Crippen LogP contribution in [-0.4, -0.2) is 49.0 Å². The lowest BCUT2D eigenvalue weighted by molar-refractivity contribution is -0.389. The maximum Gasteiger partial charge on any atom is 0.355 e. The summed E-state index contributed by atoms with van der Waals surface area (Å²) >= 11 is 0. The van der Waals surface area contributed by atoms with Crippen LogP contribution >= 0.6 is 0 Å². The van der Waals surface area contributed by atoms with Crippen molar-refractivity contribution in [2.24, 2.45) is 0 Å². The number of rotatable bonds is 4. The van der Waals surface area contributed by atoms with E-state index in [2.05, 4.69) is 20.2 Å². The lowest BCUT2D eigenvalue weighted by Gasteiger charge is -2.31. The summed E-state index contributed by atoms with van der Waals surface area (Å²) < 4.78 is 13.5. The van der Waals surface area contributed by atoms with Crippen molar-refractivity contribution in [3.63, 3.8) is 0 Å². The predicted octanol–water partition coefficient (Wildman–Crippen LogP) is 2.93. The highest BCUT2D eigenvalue weighted by molar-refractivity contribution is 5.97. The van der Waals surface area contributed by atoms with Crippen LogP contribution in [0.5, 0.6) is 0 Å². The topological polar surface area (TPSA) is 118 Å². The molecule has 1 aromatic carbocycles. The average Bonchev–Trinajstić information content (AvgIpc) is 3.24. The minimum absolute atomic E-state index is 0.0437. The van der Waals surface area contributed by atoms with Crippen LogP contribution < -0.4 is 0 Å². The zero-order valence-corrected chi connectivity index (χ0v) is 15.3. The third-order valence-corrected chi connectivity index (χ3v) is 4.97. The van der Waals surface area contributed by atoms with E-state index in [0.29, 0.717) is 43.0 Å². The maximum absolute atomic E-state index is 13.5. The van der Waals surface area contributed by atoms with Gasteiger partial charge in [0.15, 0.2) is 5.56 Å². The second-order valence-electron chi connectivity index (χ2n) is 6.77. The van der Waals surface area contributed by atoms with Gasteiger partial charge in [-0.3, -0.25) is 4.79 Å². The Morgan fingerprint density at radius 3 is 2.79 bits per heavy atom. The minimum Gasteiger partial charge on any atom is -0.358 e. The molecule has 0 aliphatic carbocycles. The number of likely N-dealkylation sites (tertiary alicyclic amines) is 1.